The van der Waals surface area contributed by atoms with Crippen LogP contribution in [0.2, 0.25) is 0 Å². The van der Waals surface area contributed by atoms with Gasteiger partial charge in [-0.3, -0.25) is 0 Å². The molecule has 1 aliphatic heterocycles. The van der Waals surface area contributed by atoms with Crippen molar-refractivity contribution < 1.29 is 10.2 Å². The number of nitrogen functional groups attached to an aromatic ring is 2. The van der Waals surface area contributed by atoms with Crippen molar-refractivity contribution in [1.29, 1.82) is 0 Å². The molecule has 3 atom stereocenters. The van der Waals surface area contributed by atoms with Crippen LogP contribution in [-0.2, 0) is 12.8 Å². The molecule has 0 radical (unpaired) electrons. The van der Waals surface area contributed by atoms with E-state index in [9.17, 15) is 10.2 Å². The summed E-state index contributed by atoms with van der Waals surface area (Å²) in [6.45, 7) is 0.684. The molecule has 160 valence electrons. The third-order valence-electron chi connectivity index (χ3n) is 6.19. The molecule has 0 fully saturated rings. The molecule has 0 amide bonds. The number of nitrogens with zero attached hydrogens (tertiary/aromatic N) is 4. The number of nitrogens with two attached hydrogens (primary N) is 2. The number of aromatic nitrogens is 3. The number of hydrogen-bond acceptors (Lipinski definition) is 8. The Kier molecular flexibility index (Phi) is 5.04. The zero-order valence-corrected chi connectivity index (χ0v) is 18.3. The van der Waals surface area contributed by atoms with E-state index < -0.39 is 12.2 Å². The number of aliphatic hydroxyl groups excluding tert-OH is 2. The van der Waals surface area contributed by atoms with Gasteiger partial charge in [0.1, 0.15) is 36.0 Å². The normalized spacial score (nSPS) is 22.7. The number of pyridine rings is 1. The van der Waals surface area contributed by atoms with Crippen molar-refractivity contribution in [2.75, 3.05) is 22.9 Å². The first kappa shape index (κ1) is 20.2. The maximum Gasteiger partial charge on any atom is 0.138 e. The molecule has 0 saturated carbocycles. The lowest BCUT2D eigenvalue weighted by Crippen LogP contribution is -2.43. The Hall–Kier alpha value is -2.75. The molecule has 2 aromatic heterocycles. The molecule has 8 nitrogen and oxygen atoms in total. The standard InChI is InChI=1S/C22H23BrN6O2/c23-15-8-12-3-1-11(7-16(12)28-21(15)25)2-4-13-9-17(19(31)18(13)30)29-6-5-14-20(24)26-10-27-22(14)29/h1,3,7-10,17-19,30-31H,2,4-6H2,(H2,25,28)(H2,24,26,27)/t17?,18?,19-/m1/s1. The maximum atomic E-state index is 10.7. The predicted molar refractivity (Wildman–Crippen MR) is 124 cm³/mol. The maximum absolute atomic E-state index is 10.7. The SMILES string of the molecule is Nc1nc2cc(CCC3=CC(N4CCc5c(N)ncnc54)[C@@H](O)C3O)ccc2cc1Br. The van der Waals surface area contributed by atoms with E-state index in [1.165, 1.54) is 6.33 Å². The quantitative estimate of drug-likeness (QED) is 0.414. The van der Waals surface area contributed by atoms with Crippen LogP contribution in [0, 0.1) is 0 Å². The summed E-state index contributed by atoms with van der Waals surface area (Å²) >= 11 is 3.40. The van der Waals surface area contributed by atoms with Gasteiger partial charge in [0, 0.05) is 17.5 Å². The monoisotopic (exact) mass is 482 g/mol. The predicted octanol–water partition coefficient (Wildman–Crippen LogP) is 1.98. The van der Waals surface area contributed by atoms with Crippen molar-refractivity contribution in [3.05, 3.63) is 57.8 Å². The Morgan fingerprint density at radius 2 is 1.94 bits per heavy atom. The molecular weight excluding hydrogens is 460 g/mol. The number of aryl methyl sites for hydroxylation is 1. The summed E-state index contributed by atoms with van der Waals surface area (Å²) in [5.41, 5.74) is 15.5. The Balaban J connectivity index is 1.35. The Morgan fingerprint density at radius 3 is 2.77 bits per heavy atom. The van der Waals surface area contributed by atoms with E-state index in [-0.39, 0.29) is 6.04 Å². The van der Waals surface area contributed by atoms with Crippen LogP contribution in [0.25, 0.3) is 10.9 Å². The van der Waals surface area contributed by atoms with Gasteiger partial charge in [-0.1, -0.05) is 18.2 Å². The minimum atomic E-state index is -0.910. The lowest BCUT2D eigenvalue weighted by atomic mass is 10.0. The number of rotatable bonds is 4. The molecule has 5 rings (SSSR count). The Bertz CT molecular complexity index is 1200. The zero-order chi connectivity index (χ0) is 21.7. The number of fused-ring (bicyclic) bond motifs is 2. The molecule has 31 heavy (non-hydrogen) atoms. The van der Waals surface area contributed by atoms with Gasteiger partial charge in [-0.25, -0.2) is 15.0 Å². The van der Waals surface area contributed by atoms with E-state index in [0.717, 1.165) is 50.7 Å². The first-order valence-electron chi connectivity index (χ1n) is 10.2. The van der Waals surface area contributed by atoms with Crippen LogP contribution in [0.1, 0.15) is 17.5 Å². The van der Waals surface area contributed by atoms with Gasteiger partial charge in [-0.2, -0.15) is 0 Å². The van der Waals surface area contributed by atoms with Gasteiger partial charge < -0.3 is 26.6 Å². The fraction of sp³-hybridized carbons (Fsp3) is 0.318. The molecule has 1 aliphatic carbocycles. The van der Waals surface area contributed by atoms with Crippen LogP contribution in [0.15, 0.2) is 46.7 Å². The molecule has 9 heteroatoms. The molecule has 0 saturated heterocycles. The van der Waals surface area contributed by atoms with Crippen molar-refractivity contribution in [3.8, 4) is 0 Å². The number of anilines is 3. The topological polar surface area (TPSA) is 134 Å². The zero-order valence-electron chi connectivity index (χ0n) is 16.7. The van der Waals surface area contributed by atoms with Crippen molar-refractivity contribution in [2.45, 2.75) is 37.5 Å². The molecule has 2 unspecified atom stereocenters. The smallest absolute Gasteiger partial charge is 0.138 e. The summed E-state index contributed by atoms with van der Waals surface area (Å²) in [6, 6.07) is 7.71. The van der Waals surface area contributed by atoms with Crippen molar-refractivity contribution in [2.24, 2.45) is 0 Å². The molecule has 6 N–H and O–H groups in total. The fourth-order valence-corrected chi connectivity index (χ4v) is 4.84. The van der Waals surface area contributed by atoms with Crippen molar-refractivity contribution in [3.63, 3.8) is 0 Å². The van der Waals surface area contributed by atoms with E-state index in [4.69, 9.17) is 11.5 Å². The summed E-state index contributed by atoms with van der Waals surface area (Å²) in [5.74, 6) is 1.67. The van der Waals surface area contributed by atoms with E-state index in [1.807, 2.05) is 29.2 Å². The van der Waals surface area contributed by atoms with E-state index in [2.05, 4.69) is 36.9 Å². The second-order valence-electron chi connectivity index (χ2n) is 8.05. The number of halogens is 1. The highest BCUT2D eigenvalue weighted by atomic mass is 79.9. The van der Waals surface area contributed by atoms with Gasteiger partial charge in [0.15, 0.2) is 0 Å². The molecule has 3 aromatic rings. The summed E-state index contributed by atoms with van der Waals surface area (Å²) in [6.07, 6.45) is 3.69. The van der Waals surface area contributed by atoms with Crippen LogP contribution < -0.4 is 16.4 Å². The Labute approximate surface area is 187 Å². The Morgan fingerprint density at radius 1 is 1.10 bits per heavy atom. The molecule has 0 bridgehead atoms. The minimum Gasteiger partial charge on any atom is -0.388 e. The van der Waals surface area contributed by atoms with Crippen LogP contribution >= 0.6 is 15.9 Å². The van der Waals surface area contributed by atoms with Gasteiger partial charge >= 0.3 is 0 Å². The summed E-state index contributed by atoms with van der Waals surface area (Å²) in [4.78, 5) is 14.9. The van der Waals surface area contributed by atoms with Crippen LogP contribution in [-0.4, -0.2) is 50.0 Å². The van der Waals surface area contributed by atoms with Gasteiger partial charge in [-0.05, 0) is 58.5 Å². The molecule has 2 aliphatic rings. The third-order valence-corrected chi connectivity index (χ3v) is 6.83. The van der Waals surface area contributed by atoms with Gasteiger partial charge in [-0.15, -0.1) is 0 Å². The lowest BCUT2D eigenvalue weighted by Gasteiger charge is -2.28. The van der Waals surface area contributed by atoms with E-state index in [0.29, 0.717) is 24.6 Å². The summed E-state index contributed by atoms with van der Waals surface area (Å²) in [7, 11) is 0. The average Bonchev–Trinajstić information content (AvgIpc) is 3.30. The second kappa shape index (κ2) is 7.74. The number of hydrogen-bond donors (Lipinski definition) is 4. The van der Waals surface area contributed by atoms with E-state index in [1.54, 1.807) is 0 Å². The van der Waals surface area contributed by atoms with Gasteiger partial charge in [0.05, 0.1) is 16.0 Å². The van der Waals surface area contributed by atoms with Crippen LogP contribution in [0.3, 0.4) is 0 Å². The number of aliphatic hydroxyl groups is 2. The second-order valence-corrected chi connectivity index (χ2v) is 8.91. The molecular formula is C22H23BrN6O2. The highest BCUT2D eigenvalue weighted by Crippen LogP contribution is 2.36. The summed E-state index contributed by atoms with van der Waals surface area (Å²) in [5, 5.41) is 22.4. The van der Waals surface area contributed by atoms with Crippen LogP contribution in [0.4, 0.5) is 17.5 Å². The highest BCUT2D eigenvalue weighted by Gasteiger charge is 2.40. The fourth-order valence-electron chi connectivity index (χ4n) is 4.51. The van der Waals surface area contributed by atoms with E-state index >= 15 is 0 Å². The first-order chi connectivity index (χ1) is 14.9. The van der Waals surface area contributed by atoms with Crippen LogP contribution in [0.5, 0.6) is 0 Å². The highest BCUT2D eigenvalue weighted by molar-refractivity contribution is 9.10. The lowest BCUT2D eigenvalue weighted by molar-refractivity contribution is 0.0436. The van der Waals surface area contributed by atoms with Crippen molar-refractivity contribution in [1.82, 2.24) is 15.0 Å². The van der Waals surface area contributed by atoms with Crippen molar-refractivity contribution >= 4 is 44.3 Å². The minimum absolute atomic E-state index is 0.337. The molecule has 0 spiro atoms. The largest absolute Gasteiger partial charge is 0.388 e. The average molecular weight is 483 g/mol. The summed E-state index contributed by atoms with van der Waals surface area (Å²) < 4.78 is 0.780. The first-order valence-corrected chi connectivity index (χ1v) is 11.0. The third kappa shape index (κ3) is 3.52. The molecule has 1 aromatic carbocycles. The van der Waals surface area contributed by atoms with Gasteiger partial charge in [0.25, 0.3) is 0 Å². The molecule has 3 heterocycles. The van der Waals surface area contributed by atoms with Gasteiger partial charge in [0.2, 0.25) is 0 Å². The number of benzene rings is 1.